The van der Waals surface area contributed by atoms with E-state index in [9.17, 15) is 48.6 Å². The number of phenolic OH excluding ortho intramolecular Hbond substituents is 1. The third kappa shape index (κ3) is 21.3. The number of carboxylic acid groups (broad SMARTS) is 1. The second kappa shape index (κ2) is 44.8. The highest BCUT2D eigenvalue weighted by Gasteiger charge is 2.63. The Hall–Kier alpha value is -10.2. The molecule has 23 nitrogen and oxygen atoms in total. The number of thiazole rings is 2. The third-order valence-electron chi connectivity index (χ3n) is 31.8. The van der Waals surface area contributed by atoms with Crippen LogP contribution in [0.25, 0.3) is 54.8 Å². The van der Waals surface area contributed by atoms with Gasteiger partial charge in [-0.15, -0.1) is 22.7 Å². The molecule has 4 N–H and O–H groups in total. The molecule has 3 saturated heterocycles. The molecule has 15 atom stereocenters. The van der Waals surface area contributed by atoms with Gasteiger partial charge in [0.25, 0.3) is 0 Å². The average Bonchev–Trinajstić information content (AvgIpc) is 1.69. The molecule has 18 aliphatic rings. The maximum Gasteiger partial charge on any atom is 0.330 e. The molecule has 770 valence electrons. The minimum absolute atomic E-state index is 0.0101. The van der Waals surface area contributed by atoms with Crippen LogP contribution in [0.3, 0.4) is 0 Å². The quantitative estimate of drug-likeness (QED) is 0.0473. The monoisotopic (exact) mass is 2420 g/mol. The van der Waals surface area contributed by atoms with Crippen LogP contribution in [0, 0.1) is 43.4 Å². The standard InChI is InChI=1S/C29H25BrN2O3S.C27H21BrN2O2S.C17H19BrO4.C15H15BrO4.C15H15BrO3.C10H7BrO.C5H8O2/c1-16-6-8-21(19-5-3-2-4-18(16)19)26-15-36-28(31-26)32-27(33)23-13-25-20-9-7-17(30)12-22(20)24(23)14-29(25)34-10-11-35-29;1-14-6-8-19(17-5-3-2-4-16(14)17)24-13-33-27(29-24)30-26(32)23-11-22-18-9-7-15(28)10-20(18)21(23)12-25(22)31;1-2-20-16(19)13-8-15-11-4-3-10(18)7-12(11)14(13)9-17(15)21-5-6-22-17;16-8-1-2-9-10(5-8)12-7-15(19-3-4-20-15)13(9)6-11(12)14(17)18;1-2-19-15(18)13-6-12-9-4-3-8(16)5-10(9)11(13)7-14(12)17;11-9-3-1-8-6-10(12)4-2-7(8)5-9;1-3-5(6)7-4-2/h2-9,12,15,23-25H,10-11,13-14H2,1H3,(H,31,32,33);2-10,13,21-23H,11-12H2,1H3,(H,29,30,32);3-4,7,13-15H,2,5-6,8-9H2,1H3;1-2,5,11-13H,3-4,6-7H2,(H,17,18);3-5,11-13H,2,6-7H2,1H3;1-6,12H;3H,1,4H2,2H3. The zero-order chi connectivity index (χ0) is 104. The van der Waals surface area contributed by atoms with Gasteiger partial charge in [0.2, 0.25) is 11.8 Å². The predicted molar refractivity (Wildman–Crippen MR) is 594 cm³/mol. The van der Waals surface area contributed by atoms with Crippen LogP contribution >= 0.6 is 118 Å². The van der Waals surface area contributed by atoms with Gasteiger partial charge in [-0.1, -0.05) is 217 Å². The highest BCUT2D eigenvalue weighted by Crippen LogP contribution is 2.65. The summed E-state index contributed by atoms with van der Waals surface area (Å²) in [5, 5.41) is 37.1. The highest BCUT2D eigenvalue weighted by molar-refractivity contribution is 9.11. The van der Waals surface area contributed by atoms with E-state index >= 15 is 0 Å². The van der Waals surface area contributed by atoms with Crippen molar-refractivity contribution in [2.45, 2.75) is 175 Å². The summed E-state index contributed by atoms with van der Waals surface area (Å²) >= 11 is 24.0. The van der Waals surface area contributed by atoms with Gasteiger partial charge in [0.15, 0.2) is 27.6 Å². The Morgan fingerprint density at radius 1 is 0.403 bits per heavy atom. The first-order valence-electron chi connectivity index (χ1n) is 50.5. The number of nitrogens with zero attached hydrogens (tertiary/aromatic N) is 2. The predicted octanol–water partition coefficient (Wildman–Crippen LogP) is 27.3. The Morgan fingerprint density at radius 2 is 0.738 bits per heavy atom. The second-order valence-electron chi connectivity index (χ2n) is 39.8. The van der Waals surface area contributed by atoms with E-state index in [0.29, 0.717) is 127 Å². The smallest absolute Gasteiger partial charge is 0.330 e. The molecule has 2 aromatic heterocycles. The molecular weight excluding hydrogens is 2320 g/mol. The lowest BCUT2D eigenvalue weighted by Gasteiger charge is -2.51. The third-order valence-corrected chi connectivity index (χ3v) is 36.2. The average molecular weight is 2430 g/mol. The van der Waals surface area contributed by atoms with E-state index in [0.717, 1.165) is 112 Å². The lowest BCUT2D eigenvalue weighted by Crippen LogP contribution is -2.52. The molecule has 3 aliphatic heterocycles. The van der Waals surface area contributed by atoms with Crippen LogP contribution in [0.5, 0.6) is 5.75 Å². The molecule has 149 heavy (non-hydrogen) atoms. The fourth-order valence-electron chi connectivity index (χ4n) is 25.2. The number of aryl methyl sites for hydroxylation is 2. The van der Waals surface area contributed by atoms with Gasteiger partial charge >= 0.3 is 23.9 Å². The Balaban J connectivity index is 0.000000110. The summed E-state index contributed by atoms with van der Waals surface area (Å²) < 4.78 is 57.1. The number of carbonyl (C=O) groups excluding carboxylic acids is 7. The van der Waals surface area contributed by atoms with E-state index in [2.05, 4.69) is 247 Å². The molecule has 15 unspecified atom stereocenters. The Morgan fingerprint density at radius 3 is 1.15 bits per heavy atom. The topological polar surface area (TPSA) is 310 Å². The van der Waals surface area contributed by atoms with Crippen molar-refractivity contribution >= 4 is 208 Å². The van der Waals surface area contributed by atoms with Gasteiger partial charge in [-0.3, -0.25) is 33.6 Å². The number of hydrogen-bond acceptors (Lipinski definition) is 22. The zero-order valence-electron chi connectivity index (χ0n) is 82.4. The van der Waals surface area contributed by atoms with Gasteiger partial charge in [-0.25, -0.2) is 14.8 Å². The van der Waals surface area contributed by atoms with Crippen LogP contribution in [0.1, 0.15) is 211 Å². The number of phenols is 1. The number of fused-ring (bicyclic) bond motifs is 10. The van der Waals surface area contributed by atoms with Crippen molar-refractivity contribution in [1.29, 1.82) is 0 Å². The number of hydrogen-bond donors (Lipinski definition) is 4. The normalized spacial score (nSPS) is 24.3. The first-order chi connectivity index (χ1) is 71.9. The van der Waals surface area contributed by atoms with Crippen LogP contribution in [0.4, 0.5) is 10.3 Å². The first-order valence-corrected chi connectivity index (χ1v) is 57.1. The number of benzene rings is 11. The van der Waals surface area contributed by atoms with Crippen LogP contribution in [-0.2, 0) is 81.0 Å². The molecule has 3 spiro atoms. The molecule has 8 fully saturated rings. The summed E-state index contributed by atoms with van der Waals surface area (Å²) in [6, 6.07) is 67.5. The minimum atomic E-state index is -0.710. The summed E-state index contributed by atoms with van der Waals surface area (Å²) in [5.74, 6) is -3.25. The number of rotatable bonds is 13. The number of anilines is 2. The summed E-state index contributed by atoms with van der Waals surface area (Å²) in [5.41, 5.74) is 18.2. The number of nitrogens with one attached hydrogen (secondary N) is 2. The fourth-order valence-corrected chi connectivity index (χ4v) is 28.9. The van der Waals surface area contributed by atoms with Crippen molar-refractivity contribution in [2.75, 3.05) is 70.1 Å². The molecular formula is C118H110Br6N4O19S2. The number of esters is 3. The zero-order valence-corrected chi connectivity index (χ0v) is 93.5. The largest absolute Gasteiger partial charge is 0.508 e. The van der Waals surface area contributed by atoms with E-state index in [4.69, 9.17) is 47.9 Å². The number of aromatic nitrogens is 2. The molecule has 0 radical (unpaired) electrons. The maximum absolute atomic E-state index is 13.6. The van der Waals surface area contributed by atoms with Crippen molar-refractivity contribution in [1.82, 2.24) is 9.97 Å². The van der Waals surface area contributed by atoms with Crippen molar-refractivity contribution < 1.29 is 91.2 Å². The molecule has 2 amide bonds. The highest BCUT2D eigenvalue weighted by atomic mass is 79.9. The fraction of sp³-hybridized carbons (Fsp3) is 0.356. The van der Waals surface area contributed by atoms with Crippen molar-refractivity contribution in [2.24, 2.45) is 29.6 Å². The number of ether oxygens (including phenoxy) is 9. The van der Waals surface area contributed by atoms with Gasteiger partial charge in [0, 0.05) is 158 Å². The van der Waals surface area contributed by atoms with E-state index in [1.807, 2.05) is 97.4 Å². The number of carbonyl (C=O) groups is 8. The van der Waals surface area contributed by atoms with Crippen LogP contribution in [-0.4, -0.2) is 144 Å². The summed E-state index contributed by atoms with van der Waals surface area (Å²) in [4.78, 5) is 107. The molecule has 13 aromatic rings. The van der Waals surface area contributed by atoms with Crippen molar-refractivity contribution in [3.63, 3.8) is 0 Å². The molecule has 31 heteroatoms. The summed E-state index contributed by atoms with van der Waals surface area (Å²) in [7, 11) is 0. The lowest BCUT2D eigenvalue weighted by molar-refractivity contribution is -0.211. The van der Waals surface area contributed by atoms with E-state index < -0.39 is 23.3 Å². The molecule has 11 aromatic carbocycles. The molecule has 10 bridgehead atoms. The first kappa shape index (κ1) is 106. The van der Waals surface area contributed by atoms with E-state index in [1.54, 1.807) is 19.1 Å². The van der Waals surface area contributed by atoms with Crippen LogP contribution in [0.2, 0.25) is 0 Å². The Kier molecular flexibility index (Phi) is 31.9. The Labute approximate surface area is 921 Å². The van der Waals surface area contributed by atoms with Gasteiger partial charge in [0.1, 0.15) is 17.3 Å². The minimum Gasteiger partial charge on any atom is -0.508 e. The van der Waals surface area contributed by atoms with E-state index in [1.165, 1.54) is 77.8 Å². The second-order valence-corrected chi connectivity index (χ2v) is 47.0. The van der Waals surface area contributed by atoms with Gasteiger partial charge < -0.3 is 63.5 Å². The maximum atomic E-state index is 13.6. The number of carboxylic acids is 1. The molecule has 5 saturated carbocycles. The number of ketones is 2. The van der Waals surface area contributed by atoms with Crippen molar-refractivity contribution in [3.05, 3.63) is 317 Å². The van der Waals surface area contributed by atoms with Crippen molar-refractivity contribution in [3.8, 4) is 28.3 Å². The number of aliphatic carboxylic acids is 1. The van der Waals surface area contributed by atoms with Gasteiger partial charge in [-0.05, 0) is 251 Å². The SMILES string of the molecule is C=CC(=O)OCC.CCOC(=O)C1CC2C(=O)CC1c1cc(Br)ccc12.CCOC(=O)C1CC2c3ccc(Br)cc3C1CC21OCCO1.Cc1ccc(-c2csc(NC(=O)C3CC4C(=O)CC3c3cc(Br)ccc34)n2)c2ccccc12.Cc1ccc(-c2csc(NC(=O)C3CC4c5ccc(Br)cc5C3CC43OCCO3)n2)c2ccccc12.O=C(O)C1CC2c3ccc(Br)cc3C1CC21OCCO1.Oc1ccc2cc(Br)ccc2c1. The van der Waals surface area contributed by atoms with Gasteiger partial charge in [-0.2, -0.15) is 0 Å². The van der Waals surface area contributed by atoms with Crippen LogP contribution < -0.4 is 10.6 Å². The molecule has 31 rings (SSSR count). The molecule has 5 heterocycles. The lowest BCUT2D eigenvalue weighted by atomic mass is 9.58. The number of Topliss-reactive ketones (excluding diaryl/α,β-unsaturated/α-hetero) is 2. The van der Waals surface area contributed by atoms with Crippen LogP contribution in [0.15, 0.2) is 250 Å². The number of halogens is 6. The number of amides is 2. The number of aromatic hydroxyl groups is 1. The molecule has 15 aliphatic carbocycles. The summed E-state index contributed by atoms with van der Waals surface area (Å²) in [6.45, 7) is 17.8. The van der Waals surface area contributed by atoms with E-state index in [-0.39, 0.29) is 130 Å². The Bertz CT molecular complexity index is 7380. The summed E-state index contributed by atoms with van der Waals surface area (Å²) in [6.07, 6.45) is 7.40. The van der Waals surface area contributed by atoms with Gasteiger partial charge in [0.05, 0.1) is 88.6 Å².